The second kappa shape index (κ2) is 17.3. The molecular formula is C51H46N4O13. The van der Waals surface area contributed by atoms with Crippen molar-refractivity contribution in [3.05, 3.63) is 142 Å². The molecule has 4 aromatic rings. The molecule has 2 aliphatic carbocycles. The Balaban J connectivity index is 1.05. The van der Waals surface area contributed by atoms with E-state index in [1.54, 1.807) is 60.7 Å². The number of nitrogens with one attached hydrogen (secondary N) is 1. The van der Waals surface area contributed by atoms with E-state index in [0.29, 0.717) is 41.9 Å². The van der Waals surface area contributed by atoms with Crippen LogP contribution in [0.3, 0.4) is 0 Å². The van der Waals surface area contributed by atoms with Gasteiger partial charge in [0.05, 0.1) is 24.8 Å². The number of amidine groups is 1. The van der Waals surface area contributed by atoms with E-state index < -0.39 is 59.2 Å². The van der Waals surface area contributed by atoms with E-state index >= 15 is 0 Å². The van der Waals surface area contributed by atoms with E-state index in [4.69, 9.17) is 29.1 Å². The molecule has 1 fully saturated rings. The number of aliphatic carboxylic acids is 1. The maximum atomic E-state index is 13.3. The van der Waals surface area contributed by atoms with E-state index in [1.165, 1.54) is 24.5 Å². The van der Waals surface area contributed by atoms with Gasteiger partial charge in [0.1, 0.15) is 65.2 Å². The van der Waals surface area contributed by atoms with Gasteiger partial charge in [0.15, 0.2) is 23.2 Å². The number of allylic oxidation sites excluding steroid dienone is 1. The average Bonchev–Trinajstić information content (AvgIpc) is 3.96. The van der Waals surface area contributed by atoms with Crippen molar-refractivity contribution in [2.24, 2.45) is 20.9 Å². The number of hydrogen-bond donors (Lipinski definition) is 8. The number of fused-ring (bicyclic) bond motifs is 5. The van der Waals surface area contributed by atoms with Crippen molar-refractivity contribution in [3.8, 4) is 34.5 Å². The summed E-state index contributed by atoms with van der Waals surface area (Å²) in [5, 5.41) is 90.8. The van der Waals surface area contributed by atoms with Crippen LogP contribution in [0.25, 0.3) is 11.8 Å². The van der Waals surface area contributed by atoms with Crippen molar-refractivity contribution in [1.82, 2.24) is 0 Å². The molecule has 2 bridgehead atoms. The molecule has 6 aliphatic rings. The molecule has 8 N–H and O–H groups in total. The number of phenols is 2. The first-order valence-corrected chi connectivity index (χ1v) is 22.0. The van der Waals surface area contributed by atoms with Crippen molar-refractivity contribution >= 4 is 41.4 Å². The number of rotatable bonds is 13. The van der Waals surface area contributed by atoms with Gasteiger partial charge in [-0.25, -0.2) is 14.8 Å². The van der Waals surface area contributed by atoms with Crippen molar-refractivity contribution in [2.45, 2.75) is 68.6 Å². The van der Waals surface area contributed by atoms with Crippen molar-refractivity contribution in [1.29, 1.82) is 5.41 Å². The first-order chi connectivity index (χ1) is 32.8. The Morgan fingerprint density at radius 1 is 0.956 bits per heavy atom. The van der Waals surface area contributed by atoms with Gasteiger partial charge >= 0.3 is 5.97 Å². The largest absolute Gasteiger partial charge is 0.508 e. The van der Waals surface area contributed by atoms with Crippen LogP contribution in [-0.4, -0.2) is 108 Å². The molecule has 4 aromatic carbocycles. The van der Waals surface area contributed by atoms with Crippen LogP contribution in [0.5, 0.6) is 34.5 Å². The van der Waals surface area contributed by atoms with Crippen LogP contribution in [0, 0.1) is 11.3 Å². The maximum Gasteiger partial charge on any atom is 0.336 e. The Hall–Kier alpha value is -7.57. The number of carboxylic acids is 1. The molecule has 17 nitrogen and oxygen atoms in total. The molecule has 7 unspecified atom stereocenters. The van der Waals surface area contributed by atoms with Gasteiger partial charge in [-0.1, -0.05) is 61.5 Å². The van der Waals surface area contributed by atoms with Crippen molar-refractivity contribution < 1.29 is 64.2 Å². The summed E-state index contributed by atoms with van der Waals surface area (Å²) in [5.41, 5.74) is -0.755. The van der Waals surface area contributed by atoms with Gasteiger partial charge < -0.3 is 59.4 Å². The summed E-state index contributed by atoms with van der Waals surface area (Å²) in [6, 6.07) is 20.4. The average molecular weight is 923 g/mol. The van der Waals surface area contributed by atoms with Crippen LogP contribution in [0.1, 0.15) is 52.8 Å². The SMILES string of the molecule is CCc1cc(O)cc(COc2c(OC3OC(C(=O)O)C4(O)C(C5=NC=NC5)C5=C(C=Cc6ccccc6C5)C3(O)C4O)cc3c(c2O)C(O)=CC(c2ccc(OCCC4=NC(=N)C=C4)cc2)O3)c1. The fourth-order valence-electron chi connectivity index (χ4n) is 9.81. The standard InChI is InChI=1S/C51H46N4O13/c1-2-26-17-27(19-32(56)18-26)24-65-45-40(22-39-42(44(45)58)37(57)21-38(66-39)29-7-11-33(12-8-29)64-16-15-31-10-14-41(52)55-31)67-49-50(62)35-13-9-28-5-3-4-6-30(28)20-34(35)43(36-23-53-25-54-36)51(63,48(50)61)46(68-49)47(59)60/h3-14,17-19,21-22,25,38,43,46,48-49,52,56-58,61-63H,2,15-16,20,23-24H2,1H3,(H,59,60). The number of carboxylic acid groups (broad SMARTS) is 1. The Bertz CT molecular complexity index is 2970. The highest BCUT2D eigenvalue weighted by molar-refractivity contribution is 6.14. The van der Waals surface area contributed by atoms with Crippen LogP contribution in [0.2, 0.25) is 0 Å². The minimum atomic E-state index is -2.72. The number of benzene rings is 4. The van der Waals surface area contributed by atoms with Gasteiger partial charge in [-0.05, 0) is 88.2 Å². The number of aliphatic hydroxyl groups excluding tert-OH is 2. The maximum absolute atomic E-state index is 13.3. The molecule has 7 atom stereocenters. The summed E-state index contributed by atoms with van der Waals surface area (Å²) in [7, 11) is 0. The second-order valence-corrected chi connectivity index (χ2v) is 17.2. The van der Waals surface area contributed by atoms with E-state index in [-0.39, 0.29) is 65.3 Å². The summed E-state index contributed by atoms with van der Waals surface area (Å²) >= 11 is 0. The third-order valence-electron chi connectivity index (χ3n) is 13.1. The smallest absolute Gasteiger partial charge is 0.336 e. The molecule has 0 spiro atoms. The number of nitrogens with zero attached hydrogens (tertiary/aromatic N) is 3. The molecule has 17 heteroatoms. The topological polar surface area (TPSA) is 266 Å². The molecule has 0 saturated carbocycles. The number of aryl methyl sites for hydroxylation is 1. The van der Waals surface area contributed by atoms with E-state index in [2.05, 4.69) is 15.0 Å². The monoisotopic (exact) mass is 922 g/mol. The zero-order valence-corrected chi connectivity index (χ0v) is 36.4. The second-order valence-electron chi connectivity index (χ2n) is 17.2. The Kier molecular flexibility index (Phi) is 11.2. The summed E-state index contributed by atoms with van der Waals surface area (Å²) < 4.78 is 31.1. The highest BCUT2D eigenvalue weighted by Gasteiger charge is 2.73. The van der Waals surface area contributed by atoms with Gasteiger partial charge in [-0.2, -0.15) is 0 Å². The summed E-state index contributed by atoms with van der Waals surface area (Å²) in [5.74, 6) is -4.19. The summed E-state index contributed by atoms with van der Waals surface area (Å²) in [6.45, 7) is 1.95. The molecule has 4 aliphatic heterocycles. The summed E-state index contributed by atoms with van der Waals surface area (Å²) in [4.78, 5) is 26.0. The van der Waals surface area contributed by atoms with Crippen molar-refractivity contribution in [2.75, 3.05) is 13.2 Å². The fraction of sp³-hybridized carbons (Fsp3) is 0.275. The van der Waals surface area contributed by atoms with Gasteiger partial charge in [0.2, 0.25) is 12.0 Å². The molecule has 1 saturated heterocycles. The number of ether oxygens (including phenoxy) is 5. The molecule has 0 radical (unpaired) electrons. The summed E-state index contributed by atoms with van der Waals surface area (Å²) in [6.07, 6.45) is 2.98. The van der Waals surface area contributed by atoms with Crippen LogP contribution < -0.4 is 18.9 Å². The molecule has 4 heterocycles. The van der Waals surface area contributed by atoms with Crippen LogP contribution in [0.15, 0.2) is 123 Å². The van der Waals surface area contributed by atoms with Crippen LogP contribution in [-0.2, 0) is 29.0 Å². The molecule has 68 heavy (non-hydrogen) atoms. The quantitative estimate of drug-likeness (QED) is 0.0799. The third-order valence-corrected chi connectivity index (χ3v) is 13.1. The highest BCUT2D eigenvalue weighted by atomic mass is 16.7. The normalized spacial score (nSPS) is 26.4. The lowest BCUT2D eigenvalue weighted by Crippen LogP contribution is -2.80. The molecule has 348 valence electrons. The number of aromatic hydroxyl groups is 2. The zero-order chi connectivity index (χ0) is 47.5. The first-order valence-electron chi connectivity index (χ1n) is 22.0. The minimum Gasteiger partial charge on any atom is -0.508 e. The predicted octanol–water partition coefficient (Wildman–Crippen LogP) is 5.72. The Morgan fingerprint density at radius 2 is 1.75 bits per heavy atom. The third kappa shape index (κ3) is 7.58. The fourth-order valence-corrected chi connectivity index (χ4v) is 9.81. The first kappa shape index (κ1) is 44.3. The van der Waals surface area contributed by atoms with Gasteiger partial charge in [0.25, 0.3) is 0 Å². The number of aliphatic imine (C=N–C) groups is 3. The lowest BCUT2D eigenvalue weighted by Gasteiger charge is -2.59. The lowest BCUT2D eigenvalue weighted by molar-refractivity contribution is -0.341. The highest BCUT2D eigenvalue weighted by Crippen LogP contribution is 2.57. The van der Waals surface area contributed by atoms with E-state index in [0.717, 1.165) is 22.4 Å². The Morgan fingerprint density at radius 3 is 2.49 bits per heavy atom. The van der Waals surface area contributed by atoms with Crippen molar-refractivity contribution in [3.63, 3.8) is 0 Å². The van der Waals surface area contributed by atoms with Crippen LogP contribution >= 0.6 is 0 Å². The van der Waals surface area contributed by atoms with E-state index in [9.17, 15) is 40.5 Å². The number of phenolic OH excluding ortho intramolecular Hbond substituents is 2. The number of carbonyl (C=O) groups is 1. The molecule has 10 rings (SSSR count). The Labute approximate surface area is 388 Å². The van der Waals surface area contributed by atoms with Crippen LogP contribution in [0.4, 0.5) is 0 Å². The van der Waals surface area contributed by atoms with Gasteiger partial charge in [-0.3, -0.25) is 10.4 Å². The minimum absolute atomic E-state index is 0.0111. The van der Waals surface area contributed by atoms with Gasteiger partial charge in [-0.15, -0.1) is 0 Å². The number of hydrogen-bond acceptors (Lipinski definition) is 15. The number of aliphatic hydroxyl groups is 4. The van der Waals surface area contributed by atoms with E-state index in [1.807, 2.05) is 31.2 Å². The molecule has 0 amide bonds. The zero-order valence-electron chi connectivity index (χ0n) is 36.4. The lowest BCUT2D eigenvalue weighted by atomic mass is 9.57. The van der Waals surface area contributed by atoms with Gasteiger partial charge in [0, 0.05) is 24.3 Å². The molecule has 0 aromatic heterocycles. The predicted molar refractivity (Wildman–Crippen MR) is 248 cm³/mol. The molecular weight excluding hydrogens is 877 g/mol.